The maximum Gasteiger partial charge on any atom is 0.229 e. The van der Waals surface area contributed by atoms with Gasteiger partial charge in [0.25, 0.3) is 0 Å². The van der Waals surface area contributed by atoms with Crippen LogP contribution in [0.25, 0.3) is 11.4 Å². The Morgan fingerprint density at radius 1 is 0.868 bits per heavy atom. The first-order valence-electron chi connectivity index (χ1n) is 12.1. The molecule has 0 radical (unpaired) electrons. The molecule has 0 bridgehead atoms. The number of aryl methyl sites for hydroxylation is 1. The van der Waals surface area contributed by atoms with Gasteiger partial charge in [-0.15, -0.1) is 0 Å². The molecular formula is C28H28FN5O4. The van der Waals surface area contributed by atoms with Gasteiger partial charge >= 0.3 is 0 Å². The average molecular weight is 518 g/mol. The highest BCUT2D eigenvalue weighted by molar-refractivity contribution is 5.57. The van der Waals surface area contributed by atoms with E-state index < -0.39 is 12.2 Å². The lowest BCUT2D eigenvalue weighted by molar-refractivity contribution is -0.0443. The van der Waals surface area contributed by atoms with Crippen molar-refractivity contribution in [3.63, 3.8) is 0 Å². The number of aromatic nitrogens is 4. The predicted octanol–water partition coefficient (Wildman–Crippen LogP) is 4.65. The van der Waals surface area contributed by atoms with Crippen LogP contribution in [0.15, 0.2) is 60.8 Å². The molecule has 9 nitrogen and oxygen atoms in total. The number of hydrogen-bond donors (Lipinski definition) is 0. The zero-order chi connectivity index (χ0) is 26.5. The lowest BCUT2D eigenvalue weighted by atomic mass is 10.1. The topological polar surface area (TPSA) is 91.7 Å². The van der Waals surface area contributed by atoms with E-state index in [-0.39, 0.29) is 11.4 Å². The summed E-state index contributed by atoms with van der Waals surface area (Å²) in [6, 6.07) is 17.2. The molecule has 0 unspecified atom stereocenters. The van der Waals surface area contributed by atoms with Crippen LogP contribution in [0.3, 0.4) is 0 Å². The van der Waals surface area contributed by atoms with Gasteiger partial charge in [0.15, 0.2) is 12.1 Å². The van der Waals surface area contributed by atoms with Gasteiger partial charge in [-0.2, -0.15) is 14.4 Å². The summed E-state index contributed by atoms with van der Waals surface area (Å²) in [7, 11) is 3.27. The van der Waals surface area contributed by atoms with E-state index in [4.69, 9.17) is 18.9 Å². The van der Waals surface area contributed by atoms with Crippen molar-refractivity contribution < 1.29 is 23.3 Å². The van der Waals surface area contributed by atoms with Gasteiger partial charge in [-0.05, 0) is 48.4 Å². The largest absolute Gasteiger partial charge is 0.497 e. The summed E-state index contributed by atoms with van der Waals surface area (Å²) in [4.78, 5) is 19.6. The Balaban J connectivity index is 1.51. The molecule has 0 atom stereocenters. The molecule has 1 aliphatic rings. The number of ether oxygens (including phenoxy) is 4. The fraction of sp³-hybridized carbons (Fsp3) is 0.286. The average Bonchev–Trinajstić information content (AvgIpc) is 3.49. The van der Waals surface area contributed by atoms with Crippen molar-refractivity contribution in [1.82, 2.24) is 19.9 Å². The Kier molecular flexibility index (Phi) is 7.71. The van der Waals surface area contributed by atoms with Gasteiger partial charge in [-0.1, -0.05) is 24.3 Å². The smallest absolute Gasteiger partial charge is 0.229 e. The highest BCUT2D eigenvalue weighted by atomic mass is 19.1. The molecule has 0 N–H and O–H groups in total. The van der Waals surface area contributed by atoms with Crippen LogP contribution in [0.4, 0.5) is 10.3 Å². The number of nitrogens with zero attached hydrogens (tertiary/aromatic N) is 5. The van der Waals surface area contributed by atoms with Gasteiger partial charge in [0.1, 0.15) is 17.3 Å². The second-order valence-electron chi connectivity index (χ2n) is 8.74. The standard InChI is InChI=1S/C28H28FN5O4/c1-18-31-26(24-14-21(15-30-25(24)29)27-37-12-13-38-27)33-28(32-18)34(16-19-4-8-22(35-2)9-5-19)17-20-6-10-23(36-3)11-7-20/h4-11,14-15,27H,12-13,16-17H2,1-3H3. The first-order chi connectivity index (χ1) is 18.5. The maximum absolute atomic E-state index is 14.9. The minimum atomic E-state index is -0.680. The summed E-state index contributed by atoms with van der Waals surface area (Å²) in [5.74, 6) is 1.92. The van der Waals surface area contributed by atoms with Gasteiger partial charge < -0.3 is 23.8 Å². The van der Waals surface area contributed by atoms with Crippen molar-refractivity contribution in [2.75, 3.05) is 32.3 Å². The van der Waals surface area contributed by atoms with Crippen LogP contribution < -0.4 is 14.4 Å². The minimum Gasteiger partial charge on any atom is -0.497 e. The first-order valence-corrected chi connectivity index (χ1v) is 12.1. The van der Waals surface area contributed by atoms with Crippen molar-refractivity contribution in [2.24, 2.45) is 0 Å². The van der Waals surface area contributed by atoms with Crippen LogP contribution >= 0.6 is 0 Å². The molecule has 0 spiro atoms. The van der Waals surface area contributed by atoms with Crippen molar-refractivity contribution in [1.29, 1.82) is 0 Å². The van der Waals surface area contributed by atoms with Crippen molar-refractivity contribution in [3.05, 3.63) is 89.3 Å². The van der Waals surface area contributed by atoms with Gasteiger partial charge in [0, 0.05) is 24.8 Å². The van der Waals surface area contributed by atoms with E-state index >= 15 is 0 Å². The molecule has 1 fully saturated rings. The molecule has 5 rings (SSSR count). The van der Waals surface area contributed by atoms with Crippen LogP contribution in [-0.4, -0.2) is 47.4 Å². The lowest BCUT2D eigenvalue weighted by Gasteiger charge is -2.24. The molecular weight excluding hydrogens is 489 g/mol. The molecule has 3 heterocycles. The number of hydrogen-bond acceptors (Lipinski definition) is 9. The third kappa shape index (κ3) is 5.87. The lowest BCUT2D eigenvalue weighted by Crippen LogP contribution is -2.25. The summed E-state index contributed by atoms with van der Waals surface area (Å²) in [6.45, 7) is 3.70. The predicted molar refractivity (Wildman–Crippen MR) is 138 cm³/mol. The highest BCUT2D eigenvalue weighted by Gasteiger charge is 2.23. The number of halogens is 1. The van der Waals surface area contributed by atoms with Crippen LogP contribution in [0.2, 0.25) is 0 Å². The Morgan fingerprint density at radius 2 is 1.45 bits per heavy atom. The summed E-state index contributed by atoms with van der Waals surface area (Å²) < 4.78 is 36.6. The zero-order valence-electron chi connectivity index (χ0n) is 21.4. The summed E-state index contributed by atoms with van der Waals surface area (Å²) in [5, 5.41) is 0. The number of rotatable bonds is 9. The molecule has 10 heteroatoms. The van der Waals surface area contributed by atoms with Crippen LogP contribution in [0, 0.1) is 12.9 Å². The van der Waals surface area contributed by atoms with Crippen molar-refractivity contribution >= 4 is 5.95 Å². The van der Waals surface area contributed by atoms with E-state index in [0.29, 0.717) is 43.6 Å². The third-order valence-electron chi connectivity index (χ3n) is 6.08. The third-order valence-corrected chi connectivity index (χ3v) is 6.08. The van der Waals surface area contributed by atoms with Crippen molar-refractivity contribution in [2.45, 2.75) is 26.3 Å². The van der Waals surface area contributed by atoms with Crippen LogP contribution in [0.1, 0.15) is 28.8 Å². The second-order valence-corrected chi connectivity index (χ2v) is 8.74. The molecule has 0 saturated carbocycles. The molecule has 2 aromatic carbocycles. The minimum absolute atomic E-state index is 0.155. The first kappa shape index (κ1) is 25.5. The van der Waals surface area contributed by atoms with Crippen LogP contribution in [0.5, 0.6) is 11.5 Å². The Bertz CT molecular complexity index is 1330. The van der Waals surface area contributed by atoms with Gasteiger partial charge in [-0.3, -0.25) is 0 Å². The summed E-state index contributed by atoms with van der Waals surface area (Å²) >= 11 is 0. The highest BCUT2D eigenvalue weighted by Crippen LogP contribution is 2.29. The second kappa shape index (κ2) is 11.5. The van der Waals surface area contributed by atoms with Crippen LogP contribution in [-0.2, 0) is 22.6 Å². The van der Waals surface area contributed by atoms with Gasteiger partial charge in [-0.25, -0.2) is 9.97 Å². The SMILES string of the molecule is COc1ccc(CN(Cc2ccc(OC)cc2)c2nc(C)nc(-c3cc(C4OCCO4)cnc3F)n2)cc1. The number of methoxy groups -OCH3 is 2. The van der Waals surface area contributed by atoms with E-state index in [2.05, 4.69) is 19.9 Å². The molecule has 4 aromatic rings. The number of benzene rings is 2. The Hall–Kier alpha value is -4.15. The summed E-state index contributed by atoms with van der Waals surface area (Å²) in [5.41, 5.74) is 2.82. The molecule has 0 amide bonds. The fourth-order valence-electron chi connectivity index (χ4n) is 4.13. The molecule has 38 heavy (non-hydrogen) atoms. The maximum atomic E-state index is 14.9. The number of anilines is 1. The molecule has 196 valence electrons. The quantitative estimate of drug-likeness (QED) is 0.294. The van der Waals surface area contributed by atoms with E-state index in [0.717, 1.165) is 22.6 Å². The normalized spacial score (nSPS) is 13.5. The molecule has 2 aromatic heterocycles. The van der Waals surface area contributed by atoms with Gasteiger partial charge in [0.2, 0.25) is 11.9 Å². The Labute approximate surface area is 220 Å². The molecule has 0 aliphatic carbocycles. The monoisotopic (exact) mass is 517 g/mol. The fourth-order valence-corrected chi connectivity index (χ4v) is 4.13. The molecule has 1 aliphatic heterocycles. The zero-order valence-corrected chi connectivity index (χ0v) is 21.4. The van der Waals surface area contributed by atoms with Gasteiger partial charge in [0.05, 0.1) is 33.0 Å². The Morgan fingerprint density at radius 3 is 2.00 bits per heavy atom. The van der Waals surface area contributed by atoms with E-state index in [9.17, 15) is 4.39 Å². The molecule has 1 saturated heterocycles. The number of pyridine rings is 1. The van der Waals surface area contributed by atoms with E-state index in [1.54, 1.807) is 27.2 Å². The van der Waals surface area contributed by atoms with Crippen molar-refractivity contribution in [3.8, 4) is 22.9 Å². The van der Waals surface area contributed by atoms with E-state index in [1.807, 2.05) is 53.4 Å². The van der Waals surface area contributed by atoms with E-state index in [1.165, 1.54) is 6.20 Å². The summed E-state index contributed by atoms with van der Waals surface area (Å²) in [6.07, 6.45) is 0.814.